The van der Waals surface area contributed by atoms with Crippen molar-refractivity contribution in [2.45, 2.75) is 77.1 Å². The summed E-state index contributed by atoms with van der Waals surface area (Å²) in [5.74, 6) is 0.830. The average molecular weight is 809 g/mol. The molecule has 3 aromatic heterocycles. The van der Waals surface area contributed by atoms with E-state index in [1.807, 2.05) is 48.5 Å². The number of imidazole rings is 1. The van der Waals surface area contributed by atoms with E-state index >= 15 is 0 Å². The molecule has 2 aliphatic heterocycles. The highest BCUT2D eigenvalue weighted by Gasteiger charge is 2.35. The van der Waals surface area contributed by atoms with Crippen molar-refractivity contribution < 1.29 is 22.8 Å². The number of carbonyl (C=O) groups excluding carboxylic acids is 2. The number of nitrogens with one attached hydrogen (secondary N) is 1. The van der Waals surface area contributed by atoms with Gasteiger partial charge in [0.25, 0.3) is 0 Å². The Labute approximate surface area is 337 Å². The lowest BCUT2D eigenvalue weighted by Gasteiger charge is -2.40. The molecule has 59 heavy (non-hydrogen) atoms. The number of imide groups is 1. The number of benzene rings is 3. The first-order valence-electron chi connectivity index (χ1n) is 20.5. The fraction of sp³-hybridized carbons (Fsp3) is 0.432. The number of hydrogen-bond acceptors (Lipinski definition) is 6. The van der Waals surface area contributed by atoms with Gasteiger partial charge >= 0.3 is 17.6 Å². The maximum Gasteiger partial charge on any atom is 0.416 e. The molecule has 1 unspecified atom stereocenters. The maximum atomic E-state index is 13.9. The summed E-state index contributed by atoms with van der Waals surface area (Å²) in [7, 11) is 3.30. The number of anilines is 1. The largest absolute Gasteiger partial charge is 0.416 e. The van der Waals surface area contributed by atoms with Gasteiger partial charge in [-0.25, -0.2) is 18.8 Å². The van der Waals surface area contributed by atoms with Crippen LogP contribution in [0.1, 0.15) is 68.5 Å². The van der Waals surface area contributed by atoms with Gasteiger partial charge in [0.05, 0.1) is 27.8 Å². The standard InChI is InChI=1S/C44H47F3N8O4/c1-26-20-32(44(45,46)47)21-31-22-37(30-8-10-33(11-9-30)54-25-48-51(3)43(54)59)53(40(26)31)24-27-4-6-28(7-5-27)29-16-18-52(19-17-29)34-12-13-35-38(23-34)50(2)42(58)55(35)36-14-15-39(56)49-41(36)57/h8-13,20-23,25,27-29,36H,4-7,14-19,24H2,1-3H3,(H,49,56,57). The number of aryl methyl sites for hydroxylation is 3. The summed E-state index contributed by atoms with van der Waals surface area (Å²) < 4.78 is 49.8. The van der Waals surface area contributed by atoms with Crippen LogP contribution in [-0.4, -0.2) is 53.0 Å². The predicted octanol–water partition coefficient (Wildman–Crippen LogP) is 6.87. The minimum Gasteiger partial charge on any atom is -0.371 e. The Morgan fingerprint density at radius 3 is 2.14 bits per heavy atom. The minimum absolute atomic E-state index is 0.197. The molecule has 1 aliphatic carbocycles. The Hall–Kier alpha value is -5.86. The zero-order valence-electron chi connectivity index (χ0n) is 33.3. The van der Waals surface area contributed by atoms with Gasteiger partial charge in [-0.3, -0.25) is 24.0 Å². The van der Waals surface area contributed by atoms with Gasteiger partial charge in [-0.1, -0.05) is 12.1 Å². The number of fused-ring (bicyclic) bond motifs is 2. The van der Waals surface area contributed by atoms with Gasteiger partial charge < -0.3 is 9.47 Å². The minimum atomic E-state index is -4.45. The molecule has 2 saturated heterocycles. The lowest BCUT2D eigenvalue weighted by molar-refractivity contribution is -0.138. The van der Waals surface area contributed by atoms with Crippen LogP contribution < -0.4 is 21.6 Å². The molecule has 15 heteroatoms. The van der Waals surface area contributed by atoms with Crippen molar-refractivity contribution in [2.75, 3.05) is 18.0 Å². The number of rotatable bonds is 7. The van der Waals surface area contributed by atoms with Gasteiger partial charge in [-0.2, -0.15) is 18.3 Å². The number of amides is 2. The number of hydrogen-bond donors (Lipinski definition) is 1. The lowest BCUT2D eigenvalue weighted by atomic mass is 9.72. The first-order chi connectivity index (χ1) is 28.2. The molecule has 1 atom stereocenters. The number of alkyl halides is 3. The van der Waals surface area contributed by atoms with Crippen LogP contribution in [0.5, 0.6) is 0 Å². The van der Waals surface area contributed by atoms with Crippen LogP contribution in [0.15, 0.2) is 76.6 Å². The van der Waals surface area contributed by atoms with Gasteiger partial charge in [-0.05, 0) is 129 Å². The van der Waals surface area contributed by atoms with Crippen molar-refractivity contribution in [3.8, 4) is 16.9 Å². The Morgan fingerprint density at radius 1 is 0.780 bits per heavy atom. The molecule has 5 heterocycles. The van der Waals surface area contributed by atoms with E-state index in [0.717, 1.165) is 79.6 Å². The molecule has 0 radical (unpaired) electrons. The van der Waals surface area contributed by atoms with Crippen LogP contribution in [0.2, 0.25) is 0 Å². The third kappa shape index (κ3) is 6.97. The quantitative estimate of drug-likeness (QED) is 0.176. The Balaban J connectivity index is 0.885. The summed E-state index contributed by atoms with van der Waals surface area (Å²) in [6.07, 6.45) is 3.95. The highest BCUT2D eigenvalue weighted by molar-refractivity contribution is 6.00. The van der Waals surface area contributed by atoms with Gasteiger partial charge in [0.15, 0.2) is 0 Å². The topological polar surface area (TPSA) is 121 Å². The molecule has 12 nitrogen and oxygen atoms in total. The highest BCUT2D eigenvalue weighted by Crippen LogP contribution is 2.42. The van der Waals surface area contributed by atoms with E-state index in [1.165, 1.54) is 32.3 Å². The summed E-state index contributed by atoms with van der Waals surface area (Å²) >= 11 is 0. The van der Waals surface area contributed by atoms with E-state index in [-0.39, 0.29) is 23.7 Å². The molecule has 9 rings (SSSR count). The molecule has 3 fully saturated rings. The third-order valence-electron chi connectivity index (χ3n) is 13.3. The van der Waals surface area contributed by atoms with Crippen molar-refractivity contribution in [1.29, 1.82) is 0 Å². The molecule has 1 saturated carbocycles. The van der Waals surface area contributed by atoms with Crippen LogP contribution in [0.3, 0.4) is 0 Å². The molecule has 3 aliphatic rings. The number of piperidine rings is 2. The molecule has 308 valence electrons. The molecule has 1 N–H and O–H groups in total. The molecule has 2 amide bonds. The molecule has 0 spiro atoms. The van der Waals surface area contributed by atoms with Crippen molar-refractivity contribution >= 4 is 39.4 Å². The summed E-state index contributed by atoms with van der Waals surface area (Å²) in [6.45, 7) is 4.28. The number of halogens is 3. The zero-order chi connectivity index (χ0) is 41.3. The number of aromatic nitrogens is 6. The average Bonchev–Trinajstić information content (AvgIpc) is 3.84. The monoisotopic (exact) mass is 808 g/mol. The van der Waals surface area contributed by atoms with Crippen LogP contribution in [-0.2, 0) is 36.4 Å². The SMILES string of the molecule is Cc1cc(C(F)(F)F)cc2cc(-c3ccc(-n4cnn(C)c4=O)cc3)n(CC3CCC(C4CCN(c5ccc6c(c5)n(C)c(=O)n6C5CCC(=O)NC5=O)CC4)CC3)c12. The van der Waals surface area contributed by atoms with Crippen LogP contribution in [0, 0.1) is 24.7 Å². The van der Waals surface area contributed by atoms with E-state index < -0.39 is 23.7 Å². The van der Waals surface area contributed by atoms with Gasteiger partial charge in [0, 0.05) is 56.9 Å². The first-order valence-corrected chi connectivity index (χ1v) is 20.5. The number of nitrogens with zero attached hydrogens (tertiary/aromatic N) is 7. The summed E-state index contributed by atoms with van der Waals surface area (Å²) in [5.41, 5.74) is 5.07. The summed E-state index contributed by atoms with van der Waals surface area (Å²) in [5, 5.41) is 6.97. The van der Waals surface area contributed by atoms with Crippen molar-refractivity contribution in [1.82, 2.24) is 33.4 Å². The van der Waals surface area contributed by atoms with Crippen LogP contribution >= 0.6 is 0 Å². The smallest absolute Gasteiger partial charge is 0.371 e. The van der Waals surface area contributed by atoms with E-state index in [2.05, 4.69) is 19.9 Å². The molecule has 6 aromatic rings. The molecule has 3 aromatic carbocycles. The molecular formula is C44H47F3N8O4. The molecular weight excluding hydrogens is 762 g/mol. The summed E-state index contributed by atoms with van der Waals surface area (Å²) in [6, 6.07) is 17.1. The Bertz CT molecular complexity index is 2720. The van der Waals surface area contributed by atoms with Crippen LogP contribution in [0.4, 0.5) is 18.9 Å². The van der Waals surface area contributed by atoms with E-state index in [1.54, 1.807) is 25.6 Å². The Morgan fingerprint density at radius 2 is 1.47 bits per heavy atom. The predicted molar refractivity (Wildman–Crippen MR) is 218 cm³/mol. The van der Waals surface area contributed by atoms with Crippen LogP contribution in [0.25, 0.3) is 38.9 Å². The van der Waals surface area contributed by atoms with Crippen molar-refractivity contribution in [3.05, 3.63) is 99.1 Å². The second-order valence-electron chi connectivity index (χ2n) is 16.8. The van der Waals surface area contributed by atoms with Gasteiger partial charge in [-0.15, -0.1) is 0 Å². The number of carbonyl (C=O) groups is 2. The van der Waals surface area contributed by atoms with E-state index in [4.69, 9.17) is 0 Å². The van der Waals surface area contributed by atoms with E-state index in [9.17, 15) is 32.3 Å². The van der Waals surface area contributed by atoms with Gasteiger partial charge in [0.2, 0.25) is 11.8 Å². The summed E-state index contributed by atoms with van der Waals surface area (Å²) in [4.78, 5) is 52.6. The maximum absolute atomic E-state index is 13.9. The second-order valence-corrected chi connectivity index (χ2v) is 16.8. The first kappa shape index (κ1) is 38.6. The van der Waals surface area contributed by atoms with Crippen molar-refractivity contribution in [3.63, 3.8) is 0 Å². The third-order valence-corrected chi connectivity index (χ3v) is 13.3. The normalized spacial score (nSPS) is 20.8. The fourth-order valence-corrected chi connectivity index (χ4v) is 10.1. The van der Waals surface area contributed by atoms with E-state index in [0.29, 0.717) is 52.9 Å². The second kappa shape index (κ2) is 14.8. The van der Waals surface area contributed by atoms with Crippen molar-refractivity contribution in [2.24, 2.45) is 31.8 Å². The Kier molecular flexibility index (Phi) is 9.66. The fourth-order valence-electron chi connectivity index (χ4n) is 10.1. The lowest BCUT2D eigenvalue weighted by Crippen LogP contribution is -2.44. The highest BCUT2D eigenvalue weighted by atomic mass is 19.4. The molecule has 0 bridgehead atoms. The zero-order valence-corrected chi connectivity index (χ0v) is 33.3. The van der Waals surface area contributed by atoms with Gasteiger partial charge in [0.1, 0.15) is 12.4 Å².